The fourth-order valence-corrected chi connectivity index (χ4v) is 0.394. The summed E-state index contributed by atoms with van der Waals surface area (Å²) in [5.41, 5.74) is 5.26. The van der Waals surface area contributed by atoms with Crippen LogP contribution in [0.15, 0.2) is 0 Å². The molecule has 0 amide bonds. The molecule has 0 aromatic heterocycles. The van der Waals surface area contributed by atoms with Gasteiger partial charge in [-0.25, -0.2) is 0 Å². The van der Waals surface area contributed by atoms with Crippen LogP contribution in [0.5, 0.6) is 0 Å². The lowest BCUT2D eigenvalue weighted by molar-refractivity contribution is 0.572. The molecule has 52 valence electrons. The summed E-state index contributed by atoms with van der Waals surface area (Å²) in [5.74, 6) is 0. The lowest BCUT2D eigenvalue weighted by Crippen LogP contribution is -2.23. The Labute approximate surface area is 51.2 Å². The zero-order valence-electron chi connectivity index (χ0n) is 5.78. The SMILES string of the molecule is CNC(C)CCN.N. The van der Waals surface area contributed by atoms with Crippen LogP contribution in [0.4, 0.5) is 0 Å². The third-order valence-corrected chi connectivity index (χ3v) is 1.09. The first kappa shape index (κ1) is 10.8. The minimum absolute atomic E-state index is 0. The van der Waals surface area contributed by atoms with E-state index >= 15 is 0 Å². The Kier molecular flexibility index (Phi) is 9.28. The first-order chi connectivity index (χ1) is 3.31. The molecule has 0 fully saturated rings. The molecule has 3 nitrogen and oxygen atoms in total. The van der Waals surface area contributed by atoms with Crippen LogP contribution in [0.3, 0.4) is 0 Å². The van der Waals surface area contributed by atoms with E-state index in [4.69, 9.17) is 5.73 Å². The molecule has 0 aliphatic carbocycles. The van der Waals surface area contributed by atoms with Gasteiger partial charge in [0.05, 0.1) is 0 Å². The predicted molar refractivity (Wildman–Crippen MR) is 37.2 cm³/mol. The Balaban J connectivity index is 0. The molecule has 0 saturated carbocycles. The van der Waals surface area contributed by atoms with Gasteiger partial charge in [0.15, 0.2) is 0 Å². The molecule has 0 aromatic carbocycles. The third-order valence-electron chi connectivity index (χ3n) is 1.09. The molecule has 1 atom stereocenters. The molecule has 0 radical (unpaired) electrons. The number of nitrogens with two attached hydrogens (primary N) is 1. The van der Waals surface area contributed by atoms with Crippen molar-refractivity contribution in [3.05, 3.63) is 0 Å². The fraction of sp³-hybridized carbons (Fsp3) is 1.00. The Bertz CT molecular complexity index is 38.7. The summed E-state index contributed by atoms with van der Waals surface area (Å²) in [7, 11) is 1.94. The highest BCUT2D eigenvalue weighted by Crippen LogP contribution is 1.82. The van der Waals surface area contributed by atoms with Gasteiger partial charge >= 0.3 is 0 Å². The van der Waals surface area contributed by atoms with E-state index in [2.05, 4.69) is 12.2 Å². The lowest BCUT2D eigenvalue weighted by atomic mass is 10.2. The molecular formula is C5H17N3. The van der Waals surface area contributed by atoms with Gasteiger partial charge in [-0.2, -0.15) is 0 Å². The highest BCUT2D eigenvalue weighted by Gasteiger charge is 1.91. The Hall–Kier alpha value is -0.120. The molecule has 8 heavy (non-hydrogen) atoms. The standard InChI is InChI=1S/C5H14N2.H3N/c1-5(7-2)3-4-6;/h5,7H,3-4,6H2,1-2H3;1H3. The average Bonchev–Trinajstić information content (AvgIpc) is 1.68. The van der Waals surface area contributed by atoms with E-state index in [1.165, 1.54) is 0 Å². The van der Waals surface area contributed by atoms with Crippen molar-refractivity contribution in [1.82, 2.24) is 11.5 Å². The van der Waals surface area contributed by atoms with Crippen molar-refractivity contribution in [1.29, 1.82) is 0 Å². The number of nitrogens with one attached hydrogen (secondary N) is 1. The zero-order chi connectivity index (χ0) is 5.70. The first-order valence-electron chi connectivity index (χ1n) is 2.68. The first-order valence-corrected chi connectivity index (χ1v) is 2.68. The van der Waals surface area contributed by atoms with Gasteiger partial charge in [-0.05, 0) is 26.9 Å². The summed E-state index contributed by atoms with van der Waals surface area (Å²) >= 11 is 0. The van der Waals surface area contributed by atoms with Crippen molar-refractivity contribution in [3.8, 4) is 0 Å². The Morgan fingerprint density at radius 1 is 1.62 bits per heavy atom. The van der Waals surface area contributed by atoms with Crippen LogP contribution in [-0.2, 0) is 0 Å². The van der Waals surface area contributed by atoms with E-state index in [9.17, 15) is 0 Å². The van der Waals surface area contributed by atoms with E-state index in [1.54, 1.807) is 0 Å². The lowest BCUT2D eigenvalue weighted by Gasteiger charge is -2.05. The topological polar surface area (TPSA) is 73.0 Å². The maximum absolute atomic E-state index is 5.26. The van der Waals surface area contributed by atoms with Crippen LogP contribution in [0.1, 0.15) is 13.3 Å². The van der Waals surface area contributed by atoms with Gasteiger partial charge < -0.3 is 17.2 Å². The molecule has 0 aliphatic rings. The monoisotopic (exact) mass is 119 g/mol. The van der Waals surface area contributed by atoms with Crippen molar-refractivity contribution < 1.29 is 0 Å². The largest absolute Gasteiger partial charge is 0.344 e. The van der Waals surface area contributed by atoms with Gasteiger partial charge in [-0.1, -0.05) is 0 Å². The number of hydrogen-bond acceptors (Lipinski definition) is 3. The predicted octanol–water partition coefficient (Wildman–Crippen LogP) is 0.105. The van der Waals surface area contributed by atoms with Crippen LogP contribution in [0.25, 0.3) is 0 Å². The molecule has 0 bridgehead atoms. The molecule has 3 heteroatoms. The minimum atomic E-state index is 0. The van der Waals surface area contributed by atoms with Crippen LogP contribution >= 0.6 is 0 Å². The van der Waals surface area contributed by atoms with Crippen molar-refractivity contribution in [3.63, 3.8) is 0 Å². The molecular weight excluding hydrogens is 102 g/mol. The van der Waals surface area contributed by atoms with E-state index in [1.807, 2.05) is 7.05 Å². The van der Waals surface area contributed by atoms with Gasteiger partial charge in [0.25, 0.3) is 0 Å². The van der Waals surface area contributed by atoms with E-state index in [0.29, 0.717) is 6.04 Å². The third kappa shape index (κ3) is 5.88. The van der Waals surface area contributed by atoms with Gasteiger partial charge in [0.2, 0.25) is 0 Å². The van der Waals surface area contributed by atoms with Crippen LogP contribution in [0.2, 0.25) is 0 Å². The highest BCUT2D eigenvalue weighted by atomic mass is 14.9. The molecule has 0 spiro atoms. The summed E-state index contributed by atoms with van der Waals surface area (Å²) in [6.07, 6.45) is 1.07. The van der Waals surface area contributed by atoms with Crippen LogP contribution in [-0.4, -0.2) is 19.6 Å². The van der Waals surface area contributed by atoms with Gasteiger partial charge in [0, 0.05) is 6.04 Å². The average molecular weight is 119 g/mol. The second kappa shape index (κ2) is 6.88. The summed E-state index contributed by atoms with van der Waals surface area (Å²) in [6.45, 7) is 2.90. The maximum atomic E-state index is 5.26. The highest BCUT2D eigenvalue weighted by molar-refractivity contribution is 4.55. The van der Waals surface area contributed by atoms with Gasteiger partial charge in [-0.15, -0.1) is 0 Å². The van der Waals surface area contributed by atoms with Crippen molar-refractivity contribution in [2.75, 3.05) is 13.6 Å². The summed E-state index contributed by atoms with van der Waals surface area (Å²) in [4.78, 5) is 0. The van der Waals surface area contributed by atoms with Crippen LogP contribution < -0.4 is 17.2 Å². The Morgan fingerprint density at radius 3 is 2.25 bits per heavy atom. The number of hydrogen-bond donors (Lipinski definition) is 3. The smallest absolute Gasteiger partial charge is 0.00477 e. The molecule has 0 aliphatic heterocycles. The quantitative estimate of drug-likeness (QED) is 0.493. The second-order valence-corrected chi connectivity index (χ2v) is 1.77. The molecule has 6 N–H and O–H groups in total. The minimum Gasteiger partial charge on any atom is -0.344 e. The normalized spacial score (nSPS) is 12.4. The Morgan fingerprint density at radius 2 is 2.12 bits per heavy atom. The van der Waals surface area contributed by atoms with Crippen molar-refractivity contribution >= 4 is 0 Å². The second-order valence-electron chi connectivity index (χ2n) is 1.77. The number of rotatable bonds is 3. The summed E-state index contributed by atoms with van der Waals surface area (Å²) in [6, 6.07) is 0.574. The summed E-state index contributed by atoms with van der Waals surface area (Å²) < 4.78 is 0. The molecule has 0 heterocycles. The fourth-order valence-electron chi connectivity index (χ4n) is 0.394. The van der Waals surface area contributed by atoms with Gasteiger partial charge in [0.1, 0.15) is 0 Å². The van der Waals surface area contributed by atoms with E-state index < -0.39 is 0 Å². The molecule has 1 unspecified atom stereocenters. The zero-order valence-corrected chi connectivity index (χ0v) is 5.78. The summed E-state index contributed by atoms with van der Waals surface area (Å²) in [5, 5.41) is 3.09. The van der Waals surface area contributed by atoms with Gasteiger partial charge in [-0.3, -0.25) is 0 Å². The van der Waals surface area contributed by atoms with Crippen LogP contribution in [0, 0.1) is 0 Å². The molecule has 0 aromatic rings. The molecule has 0 saturated heterocycles. The maximum Gasteiger partial charge on any atom is 0.00477 e. The van der Waals surface area contributed by atoms with Crippen molar-refractivity contribution in [2.45, 2.75) is 19.4 Å². The van der Waals surface area contributed by atoms with E-state index in [-0.39, 0.29) is 6.15 Å². The molecule has 0 rings (SSSR count). The van der Waals surface area contributed by atoms with E-state index in [0.717, 1.165) is 13.0 Å². The van der Waals surface area contributed by atoms with Crippen molar-refractivity contribution in [2.24, 2.45) is 5.73 Å².